The molecule has 138 valence electrons. The standard InChI is InChI=1S/C22H27NO2S/c1-15-8-6-11-19(16(15)2)17(3)23-22(24)20-10-4-5-12-21(20)26-14-18-9-7-13-25-18/h4-6,8,10-12,17-18H,7,9,13-14H2,1-3H3,(H,23,24). The van der Waals surface area contributed by atoms with Crippen LogP contribution in [0.1, 0.15) is 52.9 Å². The molecule has 1 aliphatic rings. The number of nitrogens with one attached hydrogen (secondary N) is 1. The molecule has 1 N–H and O–H groups in total. The predicted molar refractivity (Wildman–Crippen MR) is 108 cm³/mol. The van der Waals surface area contributed by atoms with Crippen LogP contribution in [0.4, 0.5) is 0 Å². The third kappa shape index (κ3) is 4.49. The molecule has 26 heavy (non-hydrogen) atoms. The van der Waals surface area contributed by atoms with Gasteiger partial charge in [-0.05, 0) is 62.4 Å². The molecule has 4 heteroatoms. The lowest BCUT2D eigenvalue weighted by molar-refractivity contribution is 0.0936. The molecule has 0 bridgehead atoms. The zero-order valence-electron chi connectivity index (χ0n) is 15.7. The summed E-state index contributed by atoms with van der Waals surface area (Å²) in [4.78, 5) is 13.9. The number of carbonyl (C=O) groups excluding carboxylic acids is 1. The quantitative estimate of drug-likeness (QED) is 0.723. The van der Waals surface area contributed by atoms with Crippen LogP contribution >= 0.6 is 11.8 Å². The molecule has 2 atom stereocenters. The maximum Gasteiger partial charge on any atom is 0.252 e. The van der Waals surface area contributed by atoms with E-state index in [4.69, 9.17) is 4.74 Å². The van der Waals surface area contributed by atoms with E-state index in [1.54, 1.807) is 11.8 Å². The second-order valence-corrected chi connectivity index (χ2v) is 7.99. The van der Waals surface area contributed by atoms with E-state index in [-0.39, 0.29) is 11.9 Å². The molecule has 0 radical (unpaired) electrons. The number of rotatable bonds is 6. The van der Waals surface area contributed by atoms with Crippen LogP contribution < -0.4 is 5.32 Å². The Bertz CT molecular complexity index is 768. The van der Waals surface area contributed by atoms with E-state index in [0.717, 1.165) is 35.7 Å². The lowest BCUT2D eigenvalue weighted by atomic mass is 9.98. The van der Waals surface area contributed by atoms with Crippen LogP contribution in [0.2, 0.25) is 0 Å². The predicted octanol–water partition coefficient (Wildman–Crippen LogP) is 5.07. The van der Waals surface area contributed by atoms with Crippen LogP contribution in [0.25, 0.3) is 0 Å². The zero-order valence-corrected chi connectivity index (χ0v) is 16.6. The number of amides is 1. The summed E-state index contributed by atoms with van der Waals surface area (Å²) in [5.41, 5.74) is 4.40. The average molecular weight is 370 g/mol. The summed E-state index contributed by atoms with van der Waals surface area (Å²) < 4.78 is 5.70. The highest BCUT2D eigenvalue weighted by Crippen LogP contribution is 2.27. The molecule has 2 aromatic rings. The highest BCUT2D eigenvalue weighted by Gasteiger charge is 2.19. The molecule has 0 aromatic heterocycles. The summed E-state index contributed by atoms with van der Waals surface area (Å²) >= 11 is 1.72. The highest BCUT2D eigenvalue weighted by atomic mass is 32.2. The lowest BCUT2D eigenvalue weighted by Gasteiger charge is -2.19. The molecule has 1 aliphatic heterocycles. The van der Waals surface area contributed by atoms with Crippen molar-refractivity contribution in [1.29, 1.82) is 0 Å². The van der Waals surface area contributed by atoms with Gasteiger partial charge in [0.25, 0.3) is 5.91 Å². The minimum atomic E-state index is -0.0291. The number of benzene rings is 2. The number of aryl methyl sites for hydroxylation is 1. The van der Waals surface area contributed by atoms with Gasteiger partial charge >= 0.3 is 0 Å². The normalized spacial score (nSPS) is 17.9. The Kier molecular flexibility index (Phi) is 6.38. The molecule has 2 unspecified atom stereocenters. The zero-order chi connectivity index (χ0) is 18.5. The van der Waals surface area contributed by atoms with Gasteiger partial charge in [0, 0.05) is 17.3 Å². The molecule has 3 rings (SSSR count). The van der Waals surface area contributed by atoms with Crippen LogP contribution in [-0.2, 0) is 4.74 Å². The van der Waals surface area contributed by atoms with Gasteiger partial charge in [0.1, 0.15) is 0 Å². The maximum absolute atomic E-state index is 12.9. The van der Waals surface area contributed by atoms with E-state index in [1.165, 1.54) is 16.7 Å². The smallest absolute Gasteiger partial charge is 0.252 e. The first-order valence-electron chi connectivity index (χ1n) is 9.26. The second-order valence-electron chi connectivity index (χ2n) is 6.93. The summed E-state index contributed by atoms with van der Waals surface area (Å²) in [5.74, 6) is 0.880. The fourth-order valence-corrected chi connectivity index (χ4v) is 4.45. The number of thioether (sulfide) groups is 1. The number of hydrogen-bond donors (Lipinski definition) is 1. The third-order valence-electron chi connectivity index (χ3n) is 5.04. The van der Waals surface area contributed by atoms with Crippen molar-refractivity contribution in [3.63, 3.8) is 0 Å². The first-order chi connectivity index (χ1) is 12.6. The Hall–Kier alpha value is -1.78. The molecular weight excluding hydrogens is 342 g/mol. The van der Waals surface area contributed by atoms with Crippen molar-refractivity contribution in [2.45, 2.75) is 50.7 Å². The molecule has 1 heterocycles. The molecule has 1 fully saturated rings. The Labute approximate surface area is 160 Å². The van der Waals surface area contributed by atoms with E-state index in [0.29, 0.717) is 6.10 Å². The highest BCUT2D eigenvalue weighted by molar-refractivity contribution is 7.99. The van der Waals surface area contributed by atoms with Gasteiger partial charge < -0.3 is 10.1 Å². The van der Waals surface area contributed by atoms with Gasteiger partial charge in [0.2, 0.25) is 0 Å². The minimum Gasteiger partial charge on any atom is -0.377 e. The molecule has 1 saturated heterocycles. The Morgan fingerprint density at radius 2 is 2.04 bits per heavy atom. The molecule has 0 spiro atoms. The molecule has 0 saturated carbocycles. The minimum absolute atomic E-state index is 0.0196. The van der Waals surface area contributed by atoms with Gasteiger partial charge in [-0.3, -0.25) is 4.79 Å². The summed E-state index contributed by atoms with van der Waals surface area (Å²) in [7, 11) is 0. The molecule has 1 amide bonds. The van der Waals surface area contributed by atoms with Crippen LogP contribution in [0, 0.1) is 13.8 Å². The van der Waals surface area contributed by atoms with Crippen molar-refractivity contribution in [1.82, 2.24) is 5.32 Å². The molecule has 2 aromatic carbocycles. The van der Waals surface area contributed by atoms with Crippen molar-refractivity contribution in [3.8, 4) is 0 Å². The van der Waals surface area contributed by atoms with Crippen molar-refractivity contribution in [2.75, 3.05) is 12.4 Å². The summed E-state index contributed by atoms with van der Waals surface area (Å²) in [6.45, 7) is 7.12. The lowest BCUT2D eigenvalue weighted by Crippen LogP contribution is -2.27. The van der Waals surface area contributed by atoms with Crippen LogP contribution in [0.3, 0.4) is 0 Å². The number of hydrogen-bond acceptors (Lipinski definition) is 3. The van der Waals surface area contributed by atoms with E-state index in [1.807, 2.05) is 37.3 Å². The van der Waals surface area contributed by atoms with Crippen LogP contribution in [0.5, 0.6) is 0 Å². The molecule has 0 aliphatic carbocycles. The van der Waals surface area contributed by atoms with Gasteiger partial charge in [-0.25, -0.2) is 0 Å². The maximum atomic E-state index is 12.9. The third-order valence-corrected chi connectivity index (χ3v) is 6.25. The summed E-state index contributed by atoms with van der Waals surface area (Å²) in [6.07, 6.45) is 2.57. The largest absolute Gasteiger partial charge is 0.377 e. The molecule has 3 nitrogen and oxygen atoms in total. The van der Waals surface area contributed by atoms with Gasteiger partial charge in [0.15, 0.2) is 0 Å². The summed E-state index contributed by atoms with van der Waals surface area (Å²) in [5, 5.41) is 3.17. The topological polar surface area (TPSA) is 38.3 Å². The Balaban J connectivity index is 1.70. The van der Waals surface area contributed by atoms with Crippen molar-refractivity contribution in [2.24, 2.45) is 0 Å². The monoisotopic (exact) mass is 369 g/mol. The van der Waals surface area contributed by atoms with Crippen molar-refractivity contribution >= 4 is 17.7 Å². The van der Waals surface area contributed by atoms with Gasteiger partial charge in [0.05, 0.1) is 17.7 Å². The van der Waals surface area contributed by atoms with E-state index >= 15 is 0 Å². The van der Waals surface area contributed by atoms with Gasteiger partial charge in [-0.2, -0.15) is 0 Å². The second kappa shape index (κ2) is 8.74. The van der Waals surface area contributed by atoms with Gasteiger partial charge in [-0.1, -0.05) is 30.3 Å². The molecular formula is C22H27NO2S. The first kappa shape index (κ1) is 19.0. The van der Waals surface area contributed by atoms with Crippen LogP contribution in [-0.4, -0.2) is 24.4 Å². The van der Waals surface area contributed by atoms with E-state index < -0.39 is 0 Å². The summed E-state index contributed by atoms with van der Waals surface area (Å²) in [6, 6.07) is 14.1. The van der Waals surface area contributed by atoms with E-state index in [2.05, 4.69) is 31.3 Å². The Morgan fingerprint density at radius 3 is 2.81 bits per heavy atom. The fourth-order valence-electron chi connectivity index (χ4n) is 3.33. The number of ether oxygens (including phenoxy) is 1. The van der Waals surface area contributed by atoms with E-state index in [9.17, 15) is 4.79 Å². The first-order valence-corrected chi connectivity index (χ1v) is 10.2. The van der Waals surface area contributed by atoms with Crippen molar-refractivity contribution < 1.29 is 9.53 Å². The average Bonchev–Trinajstić information content (AvgIpc) is 3.16. The number of carbonyl (C=O) groups is 1. The SMILES string of the molecule is Cc1cccc(C(C)NC(=O)c2ccccc2SCC2CCCO2)c1C. The van der Waals surface area contributed by atoms with Crippen LogP contribution in [0.15, 0.2) is 47.4 Å². The fraction of sp³-hybridized carbons (Fsp3) is 0.409. The van der Waals surface area contributed by atoms with Crippen molar-refractivity contribution in [3.05, 3.63) is 64.7 Å². The van der Waals surface area contributed by atoms with Gasteiger partial charge in [-0.15, -0.1) is 11.8 Å². The Morgan fingerprint density at radius 1 is 1.23 bits per heavy atom.